The minimum atomic E-state index is -0.198. The zero-order chi connectivity index (χ0) is 13.5. The van der Waals surface area contributed by atoms with E-state index >= 15 is 0 Å². The fourth-order valence-corrected chi connectivity index (χ4v) is 1.49. The molecule has 0 fully saturated rings. The van der Waals surface area contributed by atoms with E-state index in [0.29, 0.717) is 11.6 Å². The van der Waals surface area contributed by atoms with Gasteiger partial charge in [-0.25, -0.2) is 4.98 Å². The zero-order valence-electron chi connectivity index (χ0n) is 10.5. The maximum absolute atomic E-state index is 11.7. The summed E-state index contributed by atoms with van der Waals surface area (Å²) in [6.07, 6.45) is 4.79. The van der Waals surface area contributed by atoms with Gasteiger partial charge in [0.05, 0.1) is 19.0 Å². The molecule has 0 bridgehead atoms. The summed E-state index contributed by atoms with van der Waals surface area (Å²) in [5, 5.41) is 2.72. The molecular formula is C15H14N2O2. The average Bonchev–Trinajstić information content (AvgIpc) is 2.47. The first-order chi connectivity index (χ1) is 9.28. The molecule has 0 aliphatic carbocycles. The number of hydrogen-bond donors (Lipinski definition) is 1. The van der Waals surface area contributed by atoms with Gasteiger partial charge < -0.3 is 10.1 Å². The van der Waals surface area contributed by atoms with Crippen LogP contribution in [-0.2, 0) is 4.79 Å². The number of pyridine rings is 1. The Hall–Kier alpha value is -2.62. The molecule has 4 nitrogen and oxygen atoms in total. The van der Waals surface area contributed by atoms with Crippen molar-refractivity contribution in [1.29, 1.82) is 0 Å². The Kier molecular flexibility index (Phi) is 4.29. The van der Waals surface area contributed by atoms with Gasteiger partial charge in [-0.15, -0.1) is 0 Å². The number of amides is 1. The van der Waals surface area contributed by atoms with Crippen molar-refractivity contribution in [3.05, 3.63) is 60.3 Å². The maximum Gasteiger partial charge on any atom is 0.248 e. The number of methoxy groups -OCH3 is 1. The van der Waals surface area contributed by atoms with Crippen LogP contribution in [-0.4, -0.2) is 18.0 Å². The molecule has 0 aliphatic heterocycles. The van der Waals surface area contributed by atoms with Crippen molar-refractivity contribution in [2.45, 2.75) is 0 Å². The third-order valence-electron chi connectivity index (χ3n) is 2.44. The van der Waals surface area contributed by atoms with Gasteiger partial charge in [0, 0.05) is 12.1 Å². The number of anilines is 1. The van der Waals surface area contributed by atoms with Crippen LogP contribution < -0.4 is 10.1 Å². The van der Waals surface area contributed by atoms with Crippen LogP contribution in [0.3, 0.4) is 0 Å². The Labute approximate surface area is 111 Å². The van der Waals surface area contributed by atoms with Crippen LogP contribution in [0.5, 0.6) is 5.88 Å². The van der Waals surface area contributed by atoms with Crippen LogP contribution in [0.15, 0.2) is 54.7 Å². The number of hydrogen-bond acceptors (Lipinski definition) is 3. The lowest BCUT2D eigenvalue weighted by Gasteiger charge is -2.02. The van der Waals surface area contributed by atoms with Crippen molar-refractivity contribution in [3.63, 3.8) is 0 Å². The molecule has 0 atom stereocenters. The molecule has 2 rings (SSSR count). The number of rotatable bonds is 4. The summed E-state index contributed by atoms with van der Waals surface area (Å²) in [6.45, 7) is 0. The molecule has 1 aromatic heterocycles. The van der Waals surface area contributed by atoms with E-state index in [9.17, 15) is 4.79 Å². The molecule has 0 unspecified atom stereocenters. The molecule has 1 N–H and O–H groups in total. The average molecular weight is 254 g/mol. The molecule has 1 aromatic carbocycles. The third kappa shape index (κ3) is 3.96. The quantitative estimate of drug-likeness (QED) is 0.853. The lowest BCUT2D eigenvalue weighted by atomic mass is 10.2. The van der Waals surface area contributed by atoms with Crippen molar-refractivity contribution >= 4 is 17.7 Å². The highest BCUT2D eigenvalue weighted by Crippen LogP contribution is 2.11. The molecule has 1 heterocycles. The van der Waals surface area contributed by atoms with Crippen LogP contribution in [0.4, 0.5) is 5.69 Å². The van der Waals surface area contributed by atoms with E-state index in [4.69, 9.17) is 4.74 Å². The minimum absolute atomic E-state index is 0.198. The second-order valence-electron chi connectivity index (χ2n) is 3.82. The molecule has 0 saturated carbocycles. The Morgan fingerprint density at radius 1 is 1.21 bits per heavy atom. The van der Waals surface area contributed by atoms with Crippen molar-refractivity contribution in [1.82, 2.24) is 4.98 Å². The van der Waals surface area contributed by atoms with Crippen LogP contribution >= 0.6 is 0 Å². The third-order valence-corrected chi connectivity index (χ3v) is 2.44. The van der Waals surface area contributed by atoms with E-state index in [1.807, 2.05) is 30.3 Å². The Balaban J connectivity index is 1.95. The second-order valence-corrected chi connectivity index (χ2v) is 3.82. The summed E-state index contributed by atoms with van der Waals surface area (Å²) in [5.41, 5.74) is 1.61. The maximum atomic E-state index is 11.7. The smallest absolute Gasteiger partial charge is 0.248 e. The summed E-state index contributed by atoms with van der Waals surface area (Å²) >= 11 is 0. The first-order valence-electron chi connectivity index (χ1n) is 5.82. The first-order valence-corrected chi connectivity index (χ1v) is 5.82. The largest absolute Gasteiger partial charge is 0.481 e. The number of nitrogens with one attached hydrogen (secondary N) is 1. The zero-order valence-corrected chi connectivity index (χ0v) is 10.5. The van der Waals surface area contributed by atoms with Gasteiger partial charge in [0.25, 0.3) is 0 Å². The summed E-state index contributed by atoms with van der Waals surface area (Å²) in [4.78, 5) is 15.7. The lowest BCUT2D eigenvalue weighted by molar-refractivity contribution is -0.111. The SMILES string of the molecule is COc1ccc(NC(=O)C=Cc2ccccc2)cn1. The molecule has 19 heavy (non-hydrogen) atoms. The minimum Gasteiger partial charge on any atom is -0.481 e. The van der Waals surface area contributed by atoms with Gasteiger partial charge >= 0.3 is 0 Å². The molecule has 0 radical (unpaired) electrons. The van der Waals surface area contributed by atoms with Crippen molar-refractivity contribution in [3.8, 4) is 5.88 Å². The van der Waals surface area contributed by atoms with Gasteiger partial charge in [-0.1, -0.05) is 30.3 Å². The Morgan fingerprint density at radius 2 is 2.00 bits per heavy atom. The van der Waals surface area contributed by atoms with Gasteiger partial charge in [0.1, 0.15) is 0 Å². The molecule has 0 saturated heterocycles. The summed E-state index contributed by atoms with van der Waals surface area (Å²) in [7, 11) is 1.54. The predicted molar refractivity (Wildman–Crippen MR) is 74.9 cm³/mol. The summed E-state index contributed by atoms with van der Waals surface area (Å²) in [5.74, 6) is 0.314. The van der Waals surface area contributed by atoms with Gasteiger partial charge in [0.2, 0.25) is 11.8 Å². The van der Waals surface area contributed by atoms with E-state index in [-0.39, 0.29) is 5.91 Å². The number of carbonyl (C=O) groups is 1. The van der Waals surface area contributed by atoms with Crippen LogP contribution in [0.1, 0.15) is 5.56 Å². The predicted octanol–water partition coefficient (Wildman–Crippen LogP) is 2.74. The number of carbonyl (C=O) groups excluding carboxylic acids is 1. The molecule has 0 aliphatic rings. The highest BCUT2D eigenvalue weighted by Gasteiger charge is 1.99. The monoisotopic (exact) mass is 254 g/mol. The summed E-state index contributed by atoms with van der Waals surface area (Å²) in [6, 6.07) is 13.1. The molecular weight excluding hydrogens is 240 g/mol. The van der Waals surface area contributed by atoms with Crippen LogP contribution in [0, 0.1) is 0 Å². The van der Waals surface area contributed by atoms with Gasteiger partial charge in [-0.2, -0.15) is 0 Å². The fraction of sp³-hybridized carbons (Fsp3) is 0.0667. The van der Waals surface area contributed by atoms with E-state index < -0.39 is 0 Å². The normalized spacial score (nSPS) is 10.4. The van der Waals surface area contributed by atoms with Gasteiger partial charge in [-0.3, -0.25) is 4.79 Å². The number of nitrogens with zero attached hydrogens (tertiary/aromatic N) is 1. The molecule has 0 spiro atoms. The lowest BCUT2D eigenvalue weighted by Crippen LogP contribution is -2.07. The number of benzene rings is 1. The molecule has 2 aromatic rings. The number of aromatic nitrogens is 1. The Bertz CT molecular complexity index is 562. The second kappa shape index (κ2) is 6.35. The van der Waals surface area contributed by atoms with Crippen molar-refractivity contribution in [2.24, 2.45) is 0 Å². The van der Waals surface area contributed by atoms with Crippen LogP contribution in [0.25, 0.3) is 6.08 Å². The van der Waals surface area contributed by atoms with Crippen LogP contribution in [0.2, 0.25) is 0 Å². The molecule has 1 amide bonds. The molecule has 4 heteroatoms. The standard InChI is InChI=1S/C15H14N2O2/c1-19-15-10-8-13(11-16-15)17-14(18)9-7-12-5-3-2-4-6-12/h2-11H,1H3,(H,17,18). The van der Waals surface area contributed by atoms with E-state index in [2.05, 4.69) is 10.3 Å². The topological polar surface area (TPSA) is 51.2 Å². The first kappa shape index (κ1) is 12.8. The van der Waals surface area contributed by atoms with Gasteiger partial charge in [0.15, 0.2) is 0 Å². The fourth-order valence-electron chi connectivity index (χ4n) is 1.49. The highest BCUT2D eigenvalue weighted by atomic mass is 16.5. The van der Waals surface area contributed by atoms with E-state index in [1.54, 1.807) is 31.5 Å². The number of ether oxygens (including phenoxy) is 1. The Morgan fingerprint density at radius 3 is 2.63 bits per heavy atom. The summed E-state index contributed by atoms with van der Waals surface area (Å²) < 4.78 is 4.94. The van der Waals surface area contributed by atoms with Crippen molar-refractivity contribution < 1.29 is 9.53 Å². The van der Waals surface area contributed by atoms with Gasteiger partial charge in [-0.05, 0) is 17.7 Å². The van der Waals surface area contributed by atoms with Crippen molar-refractivity contribution in [2.75, 3.05) is 12.4 Å². The van der Waals surface area contributed by atoms with E-state index in [1.165, 1.54) is 6.08 Å². The molecule has 96 valence electrons. The van der Waals surface area contributed by atoms with E-state index in [0.717, 1.165) is 5.56 Å². The highest BCUT2D eigenvalue weighted by molar-refractivity contribution is 6.01.